The average molecular weight is 452 g/mol. The van der Waals surface area contributed by atoms with Gasteiger partial charge in [0.15, 0.2) is 23.4 Å². The first-order valence-corrected chi connectivity index (χ1v) is 11.5. The van der Waals surface area contributed by atoms with Crippen molar-refractivity contribution in [3.05, 3.63) is 65.2 Å². The third-order valence-corrected chi connectivity index (χ3v) is 6.74. The van der Waals surface area contributed by atoms with Crippen LogP contribution in [0, 0.1) is 4.77 Å². The molecule has 0 saturated carbocycles. The smallest absolute Gasteiger partial charge is 0.203 e. The lowest BCUT2D eigenvalue weighted by molar-refractivity contribution is 0.0821. The highest BCUT2D eigenvalue weighted by Gasteiger charge is 2.29. The molecule has 2 aliphatic rings. The van der Waals surface area contributed by atoms with Crippen LogP contribution in [0.5, 0.6) is 11.5 Å². The Morgan fingerprint density at radius 3 is 2.47 bits per heavy atom. The molecule has 3 heterocycles. The predicted molar refractivity (Wildman–Crippen MR) is 126 cm³/mol. The molecular weight excluding hydrogens is 422 g/mol. The molecular formula is C24H29N5O2S. The summed E-state index contributed by atoms with van der Waals surface area (Å²) in [5.41, 5.74) is 0.975. The highest BCUT2D eigenvalue weighted by molar-refractivity contribution is 7.71. The second kappa shape index (κ2) is 9.05. The van der Waals surface area contributed by atoms with Crippen molar-refractivity contribution >= 4 is 12.2 Å². The molecule has 0 radical (unpaired) electrons. The van der Waals surface area contributed by atoms with Crippen molar-refractivity contribution in [1.29, 1.82) is 0 Å². The van der Waals surface area contributed by atoms with Gasteiger partial charge in [0.05, 0.1) is 6.67 Å². The second-order valence-electron chi connectivity index (χ2n) is 8.61. The van der Waals surface area contributed by atoms with E-state index in [1.165, 1.54) is 0 Å². The van der Waals surface area contributed by atoms with Gasteiger partial charge in [0.25, 0.3) is 0 Å². The molecule has 1 atom stereocenters. The molecule has 1 aromatic heterocycles. The van der Waals surface area contributed by atoms with Crippen molar-refractivity contribution in [2.75, 3.05) is 33.8 Å². The van der Waals surface area contributed by atoms with Gasteiger partial charge in [-0.25, -0.2) is 4.68 Å². The van der Waals surface area contributed by atoms with E-state index in [2.05, 4.69) is 23.9 Å². The lowest BCUT2D eigenvalue weighted by Gasteiger charge is -2.34. The number of nitrogens with zero attached hydrogens (tertiary/aromatic N) is 5. The molecule has 2 aliphatic heterocycles. The summed E-state index contributed by atoms with van der Waals surface area (Å²) in [6, 6.07) is 18.4. The Morgan fingerprint density at radius 2 is 1.72 bits per heavy atom. The van der Waals surface area contributed by atoms with Crippen LogP contribution in [0.1, 0.15) is 24.8 Å². The molecule has 1 fully saturated rings. The van der Waals surface area contributed by atoms with Crippen molar-refractivity contribution < 1.29 is 9.47 Å². The van der Waals surface area contributed by atoms with Gasteiger partial charge in [0.1, 0.15) is 6.61 Å². The summed E-state index contributed by atoms with van der Waals surface area (Å²) >= 11 is 5.91. The van der Waals surface area contributed by atoms with Crippen molar-refractivity contribution in [3.8, 4) is 17.2 Å². The normalized spacial score (nSPS) is 19.4. The van der Waals surface area contributed by atoms with Gasteiger partial charge < -0.3 is 14.4 Å². The molecule has 0 amide bonds. The largest absolute Gasteiger partial charge is 0.485 e. The standard InChI is InChI=1S/C24H29N5O2S/c1-26-14-12-18(13-15-26)27(2)17-28-24(32)29(19-8-4-3-5-9-19)23(25-28)22-16-30-20-10-6-7-11-21(20)31-22/h3-11,18,22H,12-17H2,1-2H3/t22-/m0/s1. The summed E-state index contributed by atoms with van der Waals surface area (Å²) in [7, 11) is 4.35. The molecule has 0 bridgehead atoms. The van der Waals surface area contributed by atoms with Gasteiger partial charge in [-0.15, -0.1) is 0 Å². The van der Waals surface area contributed by atoms with Crippen LogP contribution in [-0.4, -0.2) is 64.0 Å². The fraction of sp³-hybridized carbons (Fsp3) is 0.417. The second-order valence-corrected chi connectivity index (χ2v) is 8.97. The van der Waals surface area contributed by atoms with E-state index in [4.69, 9.17) is 26.8 Å². The molecule has 8 heteroatoms. The summed E-state index contributed by atoms with van der Waals surface area (Å²) in [6.45, 7) is 3.28. The van der Waals surface area contributed by atoms with E-state index in [0.29, 0.717) is 24.1 Å². The Morgan fingerprint density at radius 1 is 1.03 bits per heavy atom. The predicted octanol–water partition coefficient (Wildman–Crippen LogP) is 3.90. The summed E-state index contributed by atoms with van der Waals surface area (Å²) < 4.78 is 16.9. The van der Waals surface area contributed by atoms with Crippen molar-refractivity contribution in [2.45, 2.75) is 31.7 Å². The fourth-order valence-electron chi connectivity index (χ4n) is 4.45. The lowest BCUT2D eigenvalue weighted by Crippen LogP contribution is -2.42. The highest BCUT2D eigenvalue weighted by Crippen LogP contribution is 2.36. The third-order valence-electron chi connectivity index (χ3n) is 6.34. The van der Waals surface area contributed by atoms with E-state index < -0.39 is 0 Å². The van der Waals surface area contributed by atoms with Gasteiger partial charge in [0.2, 0.25) is 4.77 Å². The molecule has 0 spiro atoms. The number of hydrogen-bond donors (Lipinski definition) is 0. The number of rotatable bonds is 5. The Kier molecular flexibility index (Phi) is 5.99. The minimum absolute atomic E-state index is 0.346. The monoisotopic (exact) mass is 451 g/mol. The number of para-hydroxylation sites is 3. The zero-order chi connectivity index (χ0) is 22.1. The number of piperidine rings is 1. The van der Waals surface area contributed by atoms with Crippen LogP contribution in [0.15, 0.2) is 54.6 Å². The Bertz CT molecular complexity index is 1120. The molecule has 0 N–H and O–H groups in total. The SMILES string of the molecule is CN1CCC(N(C)Cn2nc([C@@H]3COc4ccccc4O3)n(-c3ccccc3)c2=S)CC1. The lowest BCUT2D eigenvalue weighted by atomic mass is 10.0. The van der Waals surface area contributed by atoms with Gasteiger partial charge in [-0.3, -0.25) is 9.47 Å². The molecule has 32 heavy (non-hydrogen) atoms. The summed E-state index contributed by atoms with van der Waals surface area (Å²) in [5.74, 6) is 2.25. The maximum atomic E-state index is 6.29. The van der Waals surface area contributed by atoms with Crippen LogP contribution in [-0.2, 0) is 6.67 Å². The van der Waals surface area contributed by atoms with Crippen LogP contribution in [0.25, 0.3) is 5.69 Å². The topological polar surface area (TPSA) is 47.7 Å². The minimum Gasteiger partial charge on any atom is -0.485 e. The summed E-state index contributed by atoms with van der Waals surface area (Å²) in [6.07, 6.45) is 1.97. The number of likely N-dealkylation sites (tertiary alicyclic amines) is 1. The Hall–Kier alpha value is -2.68. The number of benzene rings is 2. The van der Waals surface area contributed by atoms with E-state index >= 15 is 0 Å². The maximum Gasteiger partial charge on any atom is 0.203 e. The molecule has 1 saturated heterocycles. The minimum atomic E-state index is -0.346. The zero-order valence-corrected chi connectivity index (χ0v) is 19.4. The number of aromatic nitrogens is 3. The van der Waals surface area contributed by atoms with Crippen LogP contribution >= 0.6 is 12.2 Å². The third kappa shape index (κ3) is 4.18. The van der Waals surface area contributed by atoms with Crippen LogP contribution in [0.3, 0.4) is 0 Å². The van der Waals surface area contributed by atoms with E-state index in [1.54, 1.807) is 0 Å². The molecule has 2 aromatic carbocycles. The molecule has 5 rings (SSSR count). The molecule has 0 unspecified atom stereocenters. The molecule has 168 valence electrons. The highest BCUT2D eigenvalue weighted by atomic mass is 32.1. The molecule has 3 aromatic rings. The van der Waals surface area contributed by atoms with Crippen LogP contribution in [0.2, 0.25) is 0 Å². The van der Waals surface area contributed by atoms with Crippen molar-refractivity contribution in [2.24, 2.45) is 0 Å². The van der Waals surface area contributed by atoms with Crippen LogP contribution in [0.4, 0.5) is 0 Å². The van der Waals surface area contributed by atoms with Gasteiger partial charge >= 0.3 is 0 Å². The van der Waals surface area contributed by atoms with Crippen molar-refractivity contribution in [1.82, 2.24) is 24.1 Å². The zero-order valence-electron chi connectivity index (χ0n) is 18.6. The number of fused-ring (bicyclic) bond motifs is 1. The van der Waals surface area contributed by atoms with E-state index in [1.807, 2.05) is 63.8 Å². The van der Waals surface area contributed by atoms with Crippen LogP contribution < -0.4 is 9.47 Å². The number of ether oxygens (including phenoxy) is 2. The summed E-state index contributed by atoms with van der Waals surface area (Å²) in [5, 5.41) is 4.95. The Balaban J connectivity index is 1.47. The molecule has 0 aliphatic carbocycles. The van der Waals surface area contributed by atoms with Crippen molar-refractivity contribution in [3.63, 3.8) is 0 Å². The average Bonchev–Trinajstić information content (AvgIpc) is 3.15. The molecule has 7 nitrogen and oxygen atoms in total. The first-order chi connectivity index (χ1) is 15.6. The van der Waals surface area contributed by atoms with Gasteiger partial charge in [-0.1, -0.05) is 30.3 Å². The fourth-order valence-corrected chi connectivity index (χ4v) is 4.75. The van der Waals surface area contributed by atoms with E-state index in [-0.39, 0.29) is 6.10 Å². The van der Waals surface area contributed by atoms with E-state index in [9.17, 15) is 0 Å². The van der Waals surface area contributed by atoms with Gasteiger partial charge in [-0.2, -0.15) is 5.10 Å². The maximum absolute atomic E-state index is 6.29. The first kappa shape index (κ1) is 21.2. The quantitative estimate of drug-likeness (QED) is 0.549. The number of hydrogen-bond acceptors (Lipinski definition) is 6. The van der Waals surface area contributed by atoms with Gasteiger partial charge in [-0.05, 0) is 76.5 Å². The Labute approximate surface area is 193 Å². The summed E-state index contributed by atoms with van der Waals surface area (Å²) in [4.78, 5) is 4.75. The van der Waals surface area contributed by atoms with Gasteiger partial charge in [0, 0.05) is 11.7 Å². The van der Waals surface area contributed by atoms with E-state index in [0.717, 1.165) is 48.9 Å². The first-order valence-electron chi connectivity index (χ1n) is 11.1.